The molecule has 0 aromatic heterocycles. The lowest BCUT2D eigenvalue weighted by atomic mass is 10.1. The van der Waals surface area contributed by atoms with Crippen LogP contribution in [0, 0.1) is 13.8 Å². The number of carbonyl (C=O) groups excluding carboxylic acids is 1. The maximum absolute atomic E-state index is 12.2. The molecule has 1 aromatic rings. The third kappa shape index (κ3) is 4.75. The second-order valence-electron chi connectivity index (χ2n) is 6.42. The van der Waals surface area contributed by atoms with Crippen molar-refractivity contribution in [1.82, 2.24) is 15.1 Å². The fourth-order valence-corrected chi connectivity index (χ4v) is 3.38. The van der Waals surface area contributed by atoms with E-state index in [1.165, 1.54) is 11.1 Å². The van der Waals surface area contributed by atoms with Gasteiger partial charge in [0.25, 0.3) is 0 Å². The molecule has 1 aliphatic rings. The van der Waals surface area contributed by atoms with Crippen molar-refractivity contribution in [3.63, 3.8) is 0 Å². The molecule has 0 unspecified atom stereocenters. The number of nitrogens with one attached hydrogen (secondary N) is 1. The van der Waals surface area contributed by atoms with E-state index in [0.717, 1.165) is 43.4 Å². The minimum atomic E-state index is 0.0261. The van der Waals surface area contributed by atoms with Crippen molar-refractivity contribution in [2.75, 3.05) is 58.3 Å². The Morgan fingerprint density at radius 3 is 2.43 bits per heavy atom. The number of carbonyl (C=O) groups is 1. The summed E-state index contributed by atoms with van der Waals surface area (Å²) in [6.07, 6.45) is 0. The van der Waals surface area contributed by atoms with E-state index in [9.17, 15) is 4.79 Å². The first-order valence-corrected chi connectivity index (χ1v) is 8.45. The molecule has 128 valence electrons. The molecule has 0 atom stereocenters. The van der Waals surface area contributed by atoms with Crippen molar-refractivity contribution < 1.29 is 4.79 Å². The second-order valence-corrected chi connectivity index (χ2v) is 6.83. The average Bonchev–Trinajstić information content (AvgIpc) is 2.46. The van der Waals surface area contributed by atoms with Crippen LogP contribution in [0.4, 0.5) is 10.5 Å². The quantitative estimate of drug-likeness (QED) is 0.916. The number of nitrogens with zero attached hydrogens (tertiary/aromatic N) is 3. The summed E-state index contributed by atoms with van der Waals surface area (Å²) in [7, 11) is 4.00. The lowest BCUT2D eigenvalue weighted by Crippen LogP contribution is -2.52. The van der Waals surface area contributed by atoms with Crippen LogP contribution in [-0.4, -0.2) is 69.2 Å². The van der Waals surface area contributed by atoms with Gasteiger partial charge in [0.2, 0.25) is 0 Å². The van der Waals surface area contributed by atoms with E-state index in [-0.39, 0.29) is 6.03 Å². The Labute approximate surface area is 144 Å². The van der Waals surface area contributed by atoms with Crippen LogP contribution in [0.2, 0.25) is 5.02 Å². The Morgan fingerprint density at radius 1 is 1.22 bits per heavy atom. The van der Waals surface area contributed by atoms with Crippen molar-refractivity contribution in [1.29, 1.82) is 0 Å². The largest absolute Gasteiger partial charge is 0.367 e. The van der Waals surface area contributed by atoms with Crippen LogP contribution in [0.25, 0.3) is 0 Å². The molecule has 1 heterocycles. The lowest BCUT2D eigenvalue weighted by Gasteiger charge is -2.37. The highest BCUT2D eigenvalue weighted by Gasteiger charge is 2.23. The van der Waals surface area contributed by atoms with E-state index in [1.54, 1.807) is 0 Å². The predicted octanol–water partition coefficient (Wildman–Crippen LogP) is 2.35. The van der Waals surface area contributed by atoms with Crippen molar-refractivity contribution in [3.8, 4) is 0 Å². The molecule has 1 aliphatic heterocycles. The lowest BCUT2D eigenvalue weighted by molar-refractivity contribution is 0.193. The summed E-state index contributed by atoms with van der Waals surface area (Å²) in [6.45, 7) is 8.73. The van der Waals surface area contributed by atoms with Crippen LogP contribution in [0.15, 0.2) is 12.1 Å². The Kier molecular flexibility index (Phi) is 6.13. The SMILES string of the molecule is Cc1cc(C)c(N2CCN(C(=O)NCCN(C)C)CC2)c(Cl)c1. The summed E-state index contributed by atoms with van der Waals surface area (Å²) in [4.78, 5) is 18.4. The van der Waals surface area contributed by atoms with Gasteiger partial charge < -0.3 is 20.0 Å². The van der Waals surface area contributed by atoms with Crippen molar-refractivity contribution >= 4 is 23.3 Å². The molecule has 0 aliphatic carbocycles. The van der Waals surface area contributed by atoms with E-state index in [2.05, 4.69) is 35.0 Å². The summed E-state index contributed by atoms with van der Waals surface area (Å²) >= 11 is 6.43. The standard InChI is InChI=1S/C17H27ClN4O/c1-13-11-14(2)16(15(18)12-13)21-7-9-22(10-8-21)17(23)19-5-6-20(3)4/h11-12H,5-10H2,1-4H3,(H,19,23). The fraction of sp³-hybridized carbons (Fsp3) is 0.588. The molecule has 0 radical (unpaired) electrons. The van der Waals surface area contributed by atoms with E-state index < -0.39 is 0 Å². The smallest absolute Gasteiger partial charge is 0.317 e. The molecule has 1 N–H and O–H groups in total. The summed E-state index contributed by atoms with van der Waals surface area (Å²) < 4.78 is 0. The highest BCUT2D eigenvalue weighted by Crippen LogP contribution is 2.31. The topological polar surface area (TPSA) is 38.8 Å². The minimum Gasteiger partial charge on any atom is -0.367 e. The Morgan fingerprint density at radius 2 is 1.87 bits per heavy atom. The van der Waals surface area contributed by atoms with Crippen molar-refractivity contribution in [2.45, 2.75) is 13.8 Å². The number of urea groups is 1. The number of amides is 2. The zero-order valence-electron chi connectivity index (χ0n) is 14.5. The van der Waals surface area contributed by atoms with Crippen LogP contribution in [-0.2, 0) is 0 Å². The number of hydrogen-bond donors (Lipinski definition) is 1. The summed E-state index contributed by atoms with van der Waals surface area (Å²) in [5.41, 5.74) is 3.47. The molecular formula is C17H27ClN4O. The molecule has 0 spiro atoms. The molecule has 0 saturated carbocycles. The van der Waals surface area contributed by atoms with Gasteiger partial charge in [-0.25, -0.2) is 4.79 Å². The zero-order chi connectivity index (χ0) is 17.0. The number of likely N-dealkylation sites (N-methyl/N-ethyl adjacent to an activating group) is 1. The monoisotopic (exact) mass is 338 g/mol. The van der Waals surface area contributed by atoms with Gasteiger partial charge in [-0.05, 0) is 45.1 Å². The van der Waals surface area contributed by atoms with Crippen LogP contribution in [0.3, 0.4) is 0 Å². The molecule has 2 amide bonds. The van der Waals surface area contributed by atoms with Gasteiger partial charge in [0.05, 0.1) is 10.7 Å². The number of aryl methyl sites for hydroxylation is 2. The number of hydrogen-bond acceptors (Lipinski definition) is 3. The minimum absolute atomic E-state index is 0.0261. The summed E-state index contributed by atoms with van der Waals surface area (Å²) in [5, 5.41) is 3.77. The third-order valence-corrected chi connectivity index (χ3v) is 4.40. The van der Waals surface area contributed by atoms with Crippen molar-refractivity contribution in [3.05, 3.63) is 28.3 Å². The fourth-order valence-electron chi connectivity index (χ4n) is 2.94. The number of anilines is 1. The molecule has 5 nitrogen and oxygen atoms in total. The molecule has 1 saturated heterocycles. The van der Waals surface area contributed by atoms with Crippen LogP contribution >= 0.6 is 11.6 Å². The molecule has 0 bridgehead atoms. The molecule has 23 heavy (non-hydrogen) atoms. The normalized spacial score (nSPS) is 15.2. The van der Waals surface area contributed by atoms with Gasteiger partial charge in [-0.15, -0.1) is 0 Å². The summed E-state index contributed by atoms with van der Waals surface area (Å²) in [5.74, 6) is 0. The number of halogens is 1. The van der Waals surface area contributed by atoms with Gasteiger partial charge in [-0.3, -0.25) is 0 Å². The van der Waals surface area contributed by atoms with Gasteiger partial charge in [-0.1, -0.05) is 17.7 Å². The first kappa shape index (κ1) is 17.9. The Bertz CT molecular complexity index is 531. The van der Waals surface area contributed by atoms with Crippen molar-refractivity contribution in [2.24, 2.45) is 0 Å². The molecule has 6 heteroatoms. The number of benzene rings is 1. The predicted molar refractivity (Wildman–Crippen MR) is 96.7 cm³/mol. The van der Waals surface area contributed by atoms with Gasteiger partial charge in [0.1, 0.15) is 0 Å². The highest BCUT2D eigenvalue weighted by atomic mass is 35.5. The van der Waals surface area contributed by atoms with Gasteiger partial charge in [0, 0.05) is 39.3 Å². The maximum Gasteiger partial charge on any atom is 0.317 e. The third-order valence-electron chi connectivity index (χ3n) is 4.12. The molecule has 1 aromatic carbocycles. The number of rotatable bonds is 4. The Balaban J connectivity index is 1.90. The van der Waals surface area contributed by atoms with Gasteiger partial charge >= 0.3 is 6.03 Å². The number of piperazine rings is 1. The van der Waals surface area contributed by atoms with Crippen LogP contribution in [0.1, 0.15) is 11.1 Å². The van der Waals surface area contributed by atoms with E-state index in [0.29, 0.717) is 6.54 Å². The van der Waals surface area contributed by atoms with Gasteiger partial charge in [0.15, 0.2) is 0 Å². The van der Waals surface area contributed by atoms with E-state index in [1.807, 2.05) is 25.1 Å². The first-order chi connectivity index (χ1) is 10.9. The highest BCUT2D eigenvalue weighted by molar-refractivity contribution is 6.33. The van der Waals surface area contributed by atoms with Crippen LogP contribution in [0.5, 0.6) is 0 Å². The molecule has 2 rings (SSSR count). The Hall–Kier alpha value is -1.46. The maximum atomic E-state index is 12.2. The second kappa shape index (κ2) is 7.88. The van der Waals surface area contributed by atoms with E-state index >= 15 is 0 Å². The van der Waals surface area contributed by atoms with Crippen LogP contribution < -0.4 is 10.2 Å². The van der Waals surface area contributed by atoms with E-state index in [4.69, 9.17) is 11.6 Å². The molecule has 1 fully saturated rings. The molecular weight excluding hydrogens is 312 g/mol. The van der Waals surface area contributed by atoms with Gasteiger partial charge in [-0.2, -0.15) is 0 Å². The summed E-state index contributed by atoms with van der Waals surface area (Å²) in [6, 6.07) is 4.18. The average molecular weight is 339 g/mol. The zero-order valence-corrected chi connectivity index (χ0v) is 15.3. The first-order valence-electron chi connectivity index (χ1n) is 8.07.